The highest BCUT2D eigenvalue weighted by atomic mass is 16.5. The van der Waals surface area contributed by atoms with Gasteiger partial charge in [-0.05, 0) is 87.6 Å². The van der Waals surface area contributed by atoms with Gasteiger partial charge in [0, 0.05) is 34.8 Å². The van der Waals surface area contributed by atoms with Crippen LogP contribution in [-0.2, 0) is 18.3 Å². The number of terminal acetylenes is 1. The Labute approximate surface area is 291 Å². The smallest absolute Gasteiger partial charge is 0.324 e. The van der Waals surface area contributed by atoms with E-state index in [1.165, 1.54) is 16.7 Å². The molecule has 50 heavy (non-hydrogen) atoms. The zero-order valence-electron chi connectivity index (χ0n) is 28.2. The van der Waals surface area contributed by atoms with Crippen LogP contribution in [0.5, 0.6) is 11.6 Å². The van der Waals surface area contributed by atoms with E-state index in [1.807, 2.05) is 93.6 Å². The zero-order valence-corrected chi connectivity index (χ0v) is 28.2. The van der Waals surface area contributed by atoms with Gasteiger partial charge in [-0.3, -0.25) is 5.32 Å². The number of urea groups is 1. The standard InChI is InChI=1S/C41H37N7O2/c1-6-41(4,5)36-25-37(48(47-36)31-17-12-26(2)13-18-31)45-40(49)44-34-19-20-35(33-10-8-7-9-32(33)34)50-38-21-22-42-39(46-38)43-30-16-15-28-23-27(3)11-14-29(28)24-30/h1,7-10,12-13,15-22,24-25H,3,11,14,23H2,2,4-5H3,(H,42,43,46)(H2,44,45,49). The molecule has 9 heteroatoms. The summed E-state index contributed by atoms with van der Waals surface area (Å²) in [6, 6.07) is 28.6. The van der Waals surface area contributed by atoms with Gasteiger partial charge in [0.25, 0.3) is 0 Å². The van der Waals surface area contributed by atoms with Crippen LogP contribution in [0.3, 0.4) is 0 Å². The number of aromatic nitrogens is 4. The molecule has 0 fully saturated rings. The molecule has 2 aromatic heterocycles. The Morgan fingerprint density at radius 1 is 0.940 bits per heavy atom. The summed E-state index contributed by atoms with van der Waals surface area (Å²) in [4.78, 5) is 22.5. The molecule has 0 spiro atoms. The van der Waals surface area contributed by atoms with Gasteiger partial charge in [0.2, 0.25) is 11.8 Å². The van der Waals surface area contributed by atoms with E-state index in [9.17, 15) is 4.79 Å². The van der Waals surface area contributed by atoms with Gasteiger partial charge in [0.15, 0.2) is 0 Å². The molecular formula is C41H37N7O2. The van der Waals surface area contributed by atoms with Crippen LogP contribution in [-0.4, -0.2) is 25.8 Å². The molecule has 1 aliphatic carbocycles. The number of rotatable bonds is 8. The fraction of sp³-hybridized carbons (Fsp3) is 0.171. The van der Waals surface area contributed by atoms with Gasteiger partial charge in [0.1, 0.15) is 11.6 Å². The van der Waals surface area contributed by atoms with Crippen molar-refractivity contribution in [2.24, 2.45) is 0 Å². The van der Waals surface area contributed by atoms with Crippen LogP contribution in [0.4, 0.5) is 27.9 Å². The summed E-state index contributed by atoms with van der Waals surface area (Å²) in [7, 11) is 0. The number of hydrogen-bond acceptors (Lipinski definition) is 6. The van der Waals surface area contributed by atoms with E-state index in [2.05, 4.69) is 50.6 Å². The Hall–Kier alpha value is -6.40. The second-order valence-corrected chi connectivity index (χ2v) is 13.0. The normalized spacial score (nSPS) is 12.6. The fourth-order valence-corrected chi connectivity index (χ4v) is 5.95. The van der Waals surface area contributed by atoms with E-state index >= 15 is 0 Å². The van der Waals surface area contributed by atoms with Crippen LogP contribution in [0.15, 0.2) is 109 Å². The highest BCUT2D eigenvalue weighted by molar-refractivity contribution is 6.07. The largest absolute Gasteiger partial charge is 0.438 e. The van der Waals surface area contributed by atoms with E-state index in [0.29, 0.717) is 34.8 Å². The van der Waals surface area contributed by atoms with Crippen LogP contribution in [0.25, 0.3) is 16.5 Å². The summed E-state index contributed by atoms with van der Waals surface area (Å²) < 4.78 is 7.98. The summed E-state index contributed by atoms with van der Waals surface area (Å²) in [6.07, 6.45) is 10.4. The van der Waals surface area contributed by atoms with Crippen molar-refractivity contribution in [2.75, 3.05) is 16.0 Å². The van der Waals surface area contributed by atoms with Gasteiger partial charge >= 0.3 is 6.03 Å². The number of fused-ring (bicyclic) bond motifs is 2. The number of aryl methyl sites for hydroxylation is 2. The topological polar surface area (TPSA) is 106 Å². The maximum Gasteiger partial charge on any atom is 0.324 e. The van der Waals surface area contributed by atoms with Crippen molar-refractivity contribution in [3.8, 4) is 29.7 Å². The molecule has 0 saturated heterocycles. The quantitative estimate of drug-likeness (QED) is 0.111. The summed E-state index contributed by atoms with van der Waals surface area (Å²) in [6.45, 7) is 10.00. The zero-order chi connectivity index (χ0) is 34.8. The minimum Gasteiger partial charge on any atom is -0.438 e. The maximum absolute atomic E-state index is 13.5. The van der Waals surface area contributed by atoms with Crippen LogP contribution >= 0.6 is 0 Å². The SMILES string of the molecule is C#CC(C)(C)c1cc(NC(=O)Nc2ccc(Oc3ccnc(Nc4ccc5c(c4)CCC(=C)C5)n3)c3ccccc23)n(-c2ccc(C)cc2)n1. The van der Waals surface area contributed by atoms with Crippen molar-refractivity contribution >= 4 is 39.9 Å². The Morgan fingerprint density at radius 2 is 1.74 bits per heavy atom. The molecule has 6 aromatic rings. The monoisotopic (exact) mass is 659 g/mol. The molecule has 9 nitrogen and oxygen atoms in total. The first kappa shape index (κ1) is 32.2. The molecule has 1 aliphatic rings. The van der Waals surface area contributed by atoms with E-state index in [4.69, 9.17) is 16.3 Å². The molecule has 2 heterocycles. The van der Waals surface area contributed by atoms with E-state index in [1.54, 1.807) is 16.9 Å². The van der Waals surface area contributed by atoms with Gasteiger partial charge < -0.3 is 15.4 Å². The first-order valence-electron chi connectivity index (χ1n) is 16.5. The third kappa shape index (κ3) is 6.78. The maximum atomic E-state index is 13.5. The van der Waals surface area contributed by atoms with Crippen LogP contribution in [0.2, 0.25) is 0 Å². The minimum absolute atomic E-state index is 0.385. The molecule has 0 radical (unpaired) electrons. The van der Waals surface area contributed by atoms with Gasteiger partial charge in [0.05, 0.1) is 22.5 Å². The number of ether oxygens (including phenoxy) is 1. The summed E-state index contributed by atoms with van der Waals surface area (Å²) in [5, 5.41) is 15.7. The Balaban J connectivity index is 1.10. The van der Waals surface area contributed by atoms with Gasteiger partial charge in [-0.1, -0.05) is 66.1 Å². The second-order valence-electron chi connectivity index (χ2n) is 13.0. The van der Waals surface area contributed by atoms with Crippen molar-refractivity contribution < 1.29 is 9.53 Å². The molecule has 3 N–H and O–H groups in total. The number of allylic oxidation sites excluding steroid dienone is 1. The van der Waals surface area contributed by atoms with Crippen molar-refractivity contribution in [1.82, 2.24) is 19.7 Å². The molecule has 0 unspecified atom stereocenters. The Kier molecular flexibility index (Phi) is 8.52. The number of carbonyl (C=O) groups is 1. The van der Waals surface area contributed by atoms with Gasteiger partial charge in [-0.2, -0.15) is 10.1 Å². The minimum atomic E-state index is -0.632. The lowest BCUT2D eigenvalue weighted by Gasteiger charge is -2.19. The molecule has 0 aliphatic heterocycles. The number of amides is 2. The van der Waals surface area contributed by atoms with Crippen molar-refractivity contribution in [3.63, 3.8) is 0 Å². The second kappa shape index (κ2) is 13.2. The third-order valence-corrected chi connectivity index (χ3v) is 8.86. The molecule has 0 bridgehead atoms. The highest BCUT2D eigenvalue weighted by Gasteiger charge is 2.24. The molecule has 7 rings (SSSR count). The van der Waals surface area contributed by atoms with Crippen LogP contribution in [0.1, 0.15) is 42.7 Å². The lowest BCUT2D eigenvalue weighted by Crippen LogP contribution is -2.21. The average molecular weight is 660 g/mol. The highest BCUT2D eigenvalue weighted by Crippen LogP contribution is 2.35. The number of nitrogens with zero attached hydrogens (tertiary/aromatic N) is 4. The number of anilines is 4. The fourth-order valence-electron chi connectivity index (χ4n) is 5.95. The number of hydrogen-bond donors (Lipinski definition) is 3. The van der Waals surface area contributed by atoms with Gasteiger partial charge in [-0.25, -0.2) is 14.5 Å². The predicted octanol–water partition coefficient (Wildman–Crippen LogP) is 9.26. The first-order chi connectivity index (χ1) is 24.1. The lowest BCUT2D eigenvalue weighted by molar-refractivity contribution is 0.262. The van der Waals surface area contributed by atoms with E-state index in [-0.39, 0.29) is 0 Å². The van der Waals surface area contributed by atoms with Gasteiger partial charge in [-0.15, -0.1) is 6.42 Å². The first-order valence-corrected chi connectivity index (χ1v) is 16.5. The molecule has 2 amide bonds. The van der Waals surface area contributed by atoms with E-state index in [0.717, 1.165) is 47.0 Å². The Morgan fingerprint density at radius 3 is 2.54 bits per heavy atom. The van der Waals surface area contributed by atoms with Crippen molar-refractivity contribution in [2.45, 2.75) is 45.4 Å². The predicted molar refractivity (Wildman–Crippen MR) is 200 cm³/mol. The number of carbonyl (C=O) groups excluding carboxylic acids is 1. The molecular weight excluding hydrogens is 622 g/mol. The summed E-state index contributed by atoms with van der Waals surface area (Å²) in [5.41, 5.74) is 7.39. The van der Waals surface area contributed by atoms with Crippen LogP contribution < -0.4 is 20.7 Å². The Bertz CT molecular complexity index is 2300. The third-order valence-electron chi connectivity index (χ3n) is 8.86. The molecule has 0 atom stereocenters. The lowest BCUT2D eigenvalue weighted by atomic mass is 9.88. The van der Waals surface area contributed by atoms with E-state index < -0.39 is 11.4 Å². The van der Waals surface area contributed by atoms with Crippen LogP contribution in [0, 0.1) is 19.3 Å². The molecule has 248 valence electrons. The molecule has 4 aromatic carbocycles. The molecule has 0 saturated carbocycles. The summed E-state index contributed by atoms with van der Waals surface area (Å²) in [5.74, 6) is 4.68. The number of benzene rings is 4. The average Bonchev–Trinajstić information content (AvgIpc) is 3.54. The van der Waals surface area contributed by atoms with Crippen molar-refractivity contribution in [3.05, 3.63) is 132 Å². The number of nitrogens with one attached hydrogen (secondary N) is 3. The summed E-state index contributed by atoms with van der Waals surface area (Å²) >= 11 is 0. The van der Waals surface area contributed by atoms with Crippen molar-refractivity contribution in [1.29, 1.82) is 0 Å².